The largest absolute Gasteiger partial charge is 0.497 e. The smallest absolute Gasteiger partial charge is 0.410 e. The molecule has 8 aromatic carbocycles. The first kappa shape index (κ1) is 79.3. The van der Waals surface area contributed by atoms with Crippen LogP contribution in [0.4, 0.5) is 22.4 Å². The Morgan fingerprint density at radius 2 is 0.942 bits per heavy atom. The fraction of sp³-hybridized carbons (Fsp3) is 0.287. The number of aliphatic hydroxyl groups is 2. The van der Waals surface area contributed by atoms with Crippen LogP contribution in [-0.2, 0) is 35.5 Å². The lowest BCUT2D eigenvalue weighted by Crippen LogP contribution is -2.51. The number of Topliss-reactive ketones (excluding diaryl/α,β-unsaturated/α-hetero) is 1. The first-order valence-electron chi connectivity index (χ1n) is 33.2. The average Bonchev–Trinajstić information content (AvgIpc) is 0.821. The average molecular weight is 1410 g/mol. The van der Waals surface area contributed by atoms with Crippen molar-refractivity contribution in [2.75, 3.05) is 33.9 Å². The molecule has 0 fully saturated rings. The number of oxime groups is 1. The predicted octanol–water partition coefficient (Wildman–Crippen LogP) is 12.7. The summed E-state index contributed by atoms with van der Waals surface area (Å²) in [6.07, 6.45) is -2.24. The van der Waals surface area contributed by atoms with Crippen LogP contribution in [0.15, 0.2) is 200 Å². The van der Waals surface area contributed by atoms with Crippen LogP contribution >= 0.6 is 0 Å². The van der Waals surface area contributed by atoms with Gasteiger partial charge >= 0.3 is 6.09 Å². The number of benzene rings is 8. The molecule has 103 heavy (non-hydrogen) atoms. The Morgan fingerprint density at radius 1 is 0.524 bits per heavy atom. The highest BCUT2D eigenvalue weighted by Gasteiger charge is 2.31. The molecule has 8 rings (SSSR count). The molecule has 0 radical (unpaired) electrons. The third kappa shape index (κ3) is 25.2. The van der Waals surface area contributed by atoms with Crippen LogP contribution < -0.4 is 36.1 Å². The minimum Gasteiger partial charge on any atom is -0.497 e. The van der Waals surface area contributed by atoms with E-state index in [0.29, 0.717) is 40.9 Å². The number of hydrogen-bond donors (Lipinski definition) is 7. The van der Waals surface area contributed by atoms with Crippen molar-refractivity contribution >= 4 is 41.2 Å². The number of rotatable bonds is 31. The molecule has 0 aromatic heterocycles. The first-order valence-corrected chi connectivity index (χ1v) is 33.2. The van der Waals surface area contributed by atoms with Gasteiger partial charge in [0.1, 0.15) is 47.0 Å². The van der Waals surface area contributed by atoms with Gasteiger partial charge in [0.25, 0.3) is 23.6 Å². The van der Waals surface area contributed by atoms with E-state index >= 15 is 0 Å². The Hall–Kier alpha value is -11.0. The fourth-order valence-electron chi connectivity index (χ4n) is 10.8. The molecular formula is C80H87F4N7O12. The van der Waals surface area contributed by atoms with Gasteiger partial charge in [0, 0.05) is 65.1 Å². The Morgan fingerprint density at radius 3 is 1.38 bits per heavy atom. The lowest BCUT2D eigenvalue weighted by molar-refractivity contribution is 0.00834. The molecule has 0 saturated carbocycles. The third-order valence-electron chi connectivity index (χ3n) is 16.1. The Bertz CT molecular complexity index is 4230. The number of carbonyl (C=O) groups excluding carboxylic acids is 6. The second kappa shape index (κ2) is 38.1. The summed E-state index contributed by atoms with van der Waals surface area (Å²) in [4.78, 5) is 87.1. The van der Waals surface area contributed by atoms with Crippen molar-refractivity contribution in [2.24, 2.45) is 5.16 Å². The fourth-order valence-corrected chi connectivity index (χ4v) is 10.8. The number of amides is 5. The third-order valence-corrected chi connectivity index (χ3v) is 16.1. The van der Waals surface area contributed by atoms with Crippen molar-refractivity contribution in [3.8, 4) is 11.5 Å². The van der Waals surface area contributed by atoms with E-state index in [1.165, 1.54) is 49.3 Å². The second-order valence-electron chi connectivity index (χ2n) is 25.6. The lowest BCUT2D eigenvalue weighted by Gasteiger charge is -2.32. The number of hydrogen-bond acceptors (Lipinski definition) is 14. The van der Waals surface area contributed by atoms with Gasteiger partial charge in [-0.15, -0.1) is 0 Å². The summed E-state index contributed by atoms with van der Waals surface area (Å²) in [5.74, 6) is -4.81. The summed E-state index contributed by atoms with van der Waals surface area (Å²) >= 11 is 0. The summed E-state index contributed by atoms with van der Waals surface area (Å²) in [6, 6.07) is 44.6. The maximum Gasteiger partial charge on any atom is 0.410 e. The molecule has 0 unspecified atom stereocenters. The van der Waals surface area contributed by atoms with Gasteiger partial charge in [0.05, 0.1) is 62.9 Å². The molecule has 0 aliphatic rings. The molecule has 0 heterocycles. The van der Waals surface area contributed by atoms with E-state index in [0.717, 1.165) is 47.0 Å². The van der Waals surface area contributed by atoms with E-state index in [1.807, 2.05) is 91.9 Å². The number of methoxy groups -OCH3 is 2. The molecule has 0 saturated heterocycles. The summed E-state index contributed by atoms with van der Waals surface area (Å²) in [5.41, 5.74) is 4.00. The number of halogens is 4. The first-order chi connectivity index (χ1) is 49.1. The molecular weight excluding hydrogens is 1330 g/mol. The lowest BCUT2D eigenvalue weighted by atomic mass is 9.98. The second-order valence-corrected chi connectivity index (χ2v) is 25.6. The van der Waals surface area contributed by atoms with E-state index in [9.17, 15) is 56.5 Å². The Labute approximate surface area is 597 Å². The van der Waals surface area contributed by atoms with Gasteiger partial charge < -0.3 is 60.7 Å². The molecule has 23 heteroatoms. The zero-order chi connectivity index (χ0) is 74.9. The molecule has 6 atom stereocenters. The van der Waals surface area contributed by atoms with Crippen molar-refractivity contribution in [1.29, 1.82) is 0 Å². The predicted molar refractivity (Wildman–Crippen MR) is 385 cm³/mol. The van der Waals surface area contributed by atoms with Crippen LogP contribution in [-0.4, -0.2) is 120 Å². The van der Waals surface area contributed by atoms with E-state index in [-0.39, 0.29) is 84.1 Å². The molecule has 19 nitrogen and oxygen atoms in total. The normalized spacial score (nSPS) is 13.0. The van der Waals surface area contributed by atoms with E-state index in [4.69, 9.17) is 19.0 Å². The van der Waals surface area contributed by atoms with Crippen molar-refractivity contribution < 1.29 is 75.6 Å². The number of carbonyl (C=O) groups is 6. The zero-order valence-corrected chi connectivity index (χ0v) is 58.9. The van der Waals surface area contributed by atoms with Crippen molar-refractivity contribution in [3.63, 3.8) is 0 Å². The van der Waals surface area contributed by atoms with Gasteiger partial charge in [-0.25, -0.2) is 22.4 Å². The highest BCUT2D eigenvalue weighted by molar-refractivity contribution is 6.07. The molecule has 0 aliphatic heterocycles. The van der Waals surface area contributed by atoms with Gasteiger partial charge in [0.15, 0.2) is 5.78 Å². The van der Waals surface area contributed by atoms with E-state index < -0.39 is 94.7 Å². The Balaban J connectivity index is 0.000000289. The number of ketones is 1. The van der Waals surface area contributed by atoms with Gasteiger partial charge in [-0.3, -0.25) is 24.0 Å². The molecule has 5 amide bonds. The monoisotopic (exact) mass is 1410 g/mol. The quantitative estimate of drug-likeness (QED) is 0.00534. The minimum absolute atomic E-state index is 0.0149. The number of aliphatic hydroxyl groups excluding tert-OH is 2. The van der Waals surface area contributed by atoms with Crippen LogP contribution in [0, 0.1) is 23.3 Å². The molecule has 8 aromatic rings. The van der Waals surface area contributed by atoms with Crippen LogP contribution in [0.25, 0.3) is 0 Å². The number of nitrogens with one attached hydrogen (secondary N) is 5. The highest BCUT2D eigenvalue weighted by Crippen LogP contribution is 2.24. The van der Waals surface area contributed by atoms with Crippen molar-refractivity contribution in [1.82, 2.24) is 31.5 Å². The van der Waals surface area contributed by atoms with Crippen molar-refractivity contribution in [2.45, 2.75) is 116 Å². The van der Waals surface area contributed by atoms with Crippen LogP contribution in [0.1, 0.15) is 151 Å². The zero-order valence-electron chi connectivity index (χ0n) is 58.9. The van der Waals surface area contributed by atoms with Gasteiger partial charge in [-0.05, 0) is 180 Å². The van der Waals surface area contributed by atoms with E-state index in [1.54, 1.807) is 78.1 Å². The van der Waals surface area contributed by atoms with E-state index in [2.05, 4.69) is 38.3 Å². The topological polar surface area (TPSA) is 256 Å². The molecule has 0 spiro atoms. The summed E-state index contributed by atoms with van der Waals surface area (Å²) in [6.45, 7) is 15.5. The summed E-state index contributed by atoms with van der Waals surface area (Å²) in [7, 11) is 3.07. The van der Waals surface area contributed by atoms with Gasteiger partial charge in [-0.1, -0.05) is 103 Å². The highest BCUT2D eigenvalue weighted by atomic mass is 19.1. The van der Waals surface area contributed by atoms with Crippen LogP contribution in [0.2, 0.25) is 0 Å². The molecule has 0 bridgehead atoms. The van der Waals surface area contributed by atoms with Gasteiger partial charge in [0.2, 0.25) is 0 Å². The van der Waals surface area contributed by atoms with Gasteiger partial charge in [-0.2, -0.15) is 0 Å². The van der Waals surface area contributed by atoms with Crippen molar-refractivity contribution in [3.05, 3.63) is 285 Å². The molecule has 7 N–H and O–H groups in total. The van der Waals surface area contributed by atoms with Crippen LogP contribution in [0.3, 0.4) is 0 Å². The summed E-state index contributed by atoms with van der Waals surface area (Å²) in [5, 5.41) is 41.6. The maximum absolute atomic E-state index is 14.3. The van der Waals surface area contributed by atoms with Crippen LogP contribution in [0.5, 0.6) is 11.5 Å². The minimum atomic E-state index is -1.51. The summed E-state index contributed by atoms with van der Waals surface area (Å²) < 4.78 is 73.0. The number of ether oxygens (including phenoxy) is 3. The number of nitrogens with zero attached hydrogens (tertiary/aromatic N) is 2. The molecule has 542 valence electrons. The molecule has 0 aliphatic carbocycles. The maximum atomic E-state index is 14.3. The standard InChI is InChI=1S/C41H45F2N3O7.C39H42F2N4O5/c1-25(29-12-8-7-9-13-29)44-38(49)31-19-30(26(2)47)20-32(21-31)39(50)45-36(18-28-15-33(42)22-34(43)16-28)37(48)24-46(40(51)53-41(3,4)5)23-27-11-10-14-35(17-27)52-6;1-5-14-50-45-26(3)30-19-31(38(47)43-25(2)29-11-7-6-8-12-29)21-32(20-30)39(48)44-36(18-28-15-33(40)22-34(41)16-28)37(46)24-42-23-27-10-9-13-35(17-27)49-4/h7-17,19-22,25,36-37,48H,18,23-24H2,1-6H3,(H,44,49)(H,45,50);5-13,15-17,19-22,25,36-37,42,46H,1,14,18,23-24H2,2-4H3,(H,43,47)(H,44,48)/b;45-26-/t2*25-,36+,37-/m11/s1. The SMILES string of the molecule is C=CCO/N=C(/C)c1cc(C(=O)N[C@@H](Cc2cc(F)cc(F)c2)[C@H](O)CNCc2cccc(OC)c2)cc(C(=O)N[C@H](C)c2ccccc2)c1.COc1cccc(CN(C[C@@H](O)[C@H](Cc2cc(F)cc(F)c2)NC(=O)c2cc(C(C)=O)cc(C(=O)N[C@H](C)c3ccccc3)c2)C(=O)OC(C)(C)C)c1. The Kier molecular flexibility index (Phi) is 29.4.